The van der Waals surface area contributed by atoms with Crippen LogP contribution in [0.25, 0.3) is 0 Å². The molecule has 0 amide bonds. The predicted octanol–water partition coefficient (Wildman–Crippen LogP) is 1.82. The van der Waals surface area contributed by atoms with Crippen molar-refractivity contribution in [3.63, 3.8) is 0 Å². The Bertz CT molecular complexity index is 426. The smallest absolute Gasteiger partial charge is 0.127 e. The van der Waals surface area contributed by atoms with E-state index in [1.807, 2.05) is 0 Å². The highest BCUT2D eigenvalue weighted by molar-refractivity contribution is 5.18. The van der Waals surface area contributed by atoms with Crippen LogP contribution in [0.15, 0.2) is 18.2 Å². The van der Waals surface area contributed by atoms with Crippen LogP contribution in [0, 0.1) is 11.6 Å². The number of rotatable bonds is 5. The average Bonchev–Trinajstić information content (AvgIpc) is 2.66. The van der Waals surface area contributed by atoms with E-state index >= 15 is 0 Å². The van der Waals surface area contributed by atoms with Gasteiger partial charge in [0.1, 0.15) is 11.6 Å². The van der Waals surface area contributed by atoms with Crippen LogP contribution in [0.3, 0.4) is 0 Å². The highest BCUT2D eigenvalue weighted by atomic mass is 19.1. The summed E-state index contributed by atoms with van der Waals surface area (Å²) in [7, 11) is 0. The molecule has 1 aliphatic heterocycles. The van der Waals surface area contributed by atoms with Crippen LogP contribution in [-0.2, 0) is 6.54 Å². The third-order valence-electron chi connectivity index (χ3n) is 3.76. The maximum absolute atomic E-state index is 13.7. The third kappa shape index (κ3) is 4.51. The molecule has 1 aliphatic rings. The maximum atomic E-state index is 13.7. The summed E-state index contributed by atoms with van der Waals surface area (Å²) in [6.07, 6.45) is 2.07. The van der Waals surface area contributed by atoms with Crippen LogP contribution in [0.4, 0.5) is 8.78 Å². The second-order valence-electron chi connectivity index (χ2n) is 5.35. The summed E-state index contributed by atoms with van der Waals surface area (Å²) < 4.78 is 26.8. The van der Waals surface area contributed by atoms with Crippen LogP contribution in [0.1, 0.15) is 18.4 Å². The number of benzene rings is 1. The van der Waals surface area contributed by atoms with Crippen molar-refractivity contribution in [3.8, 4) is 0 Å². The van der Waals surface area contributed by atoms with Crippen LogP contribution in [0.2, 0.25) is 0 Å². The van der Waals surface area contributed by atoms with Crippen LogP contribution in [-0.4, -0.2) is 49.1 Å². The fourth-order valence-electron chi connectivity index (χ4n) is 2.63. The second-order valence-corrected chi connectivity index (χ2v) is 5.35. The van der Waals surface area contributed by atoms with E-state index in [0.717, 1.165) is 51.6 Å². The molecule has 1 aromatic rings. The van der Waals surface area contributed by atoms with Gasteiger partial charge in [0.15, 0.2) is 0 Å². The lowest BCUT2D eigenvalue weighted by Crippen LogP contribution is -2.32. The van der Waals surface area contributed by atoms with Crippen molar-refractivity contribution in [1.82, 2.24) is 9.80 Å². The first-order chi connectivity index (χ1) is 9.69. The Kier molecular flexibility index (Phi) is 5.88. The molecule has 1 fully saturated rings. The van der Waals surface area contributed by atoms with Gasteiger partial charge in [-0.15, -0.1) is 0 Å². The second kappa shape index (κ2) is 7.67. The third-order valence-corrected chi connectivity index (χ3v) is 3.76. The van der Waals surface area contributed by atoms with Gasteiger partial charge in [0.25, 0.3) is 0 Å². The quantitative estimate of drug-likeness (QED) is 0.894. The molecule has 0 aliphatic carbocycles. The molecule has 112 valence electrons. The first kappa shape index (κ1) is 15.4. The zero-order valence-corrected chi connectivity index (χ0v) is 11.8. The Hall–Kier alpha value is -1.04. The molecule has 3 nitrogen and oxygen atoms in total. The zero-order chi connectivity index (χ0) is 14.4. The van der Waals surface area contributed by atoms with Crippen LogP contribution >= 0.6 is 0 Å². The summed E-state index contributed by atoms with van der Waals surface area (Å²) in [5.41, 5.74) is 5.98. The summed E-state index contributed by atoms with van der Waals surface area (Å²) in [4.78, 5) is 4.59. The highest BCUT2D eigenvalue weighted by Gasteiger charge is 2.16. The molecule has 5 heteroatoms. The van der Waals surface area contributed by atoms with E-state index in [-0.39, 0.29) is 11.6 Å². The van der Waals surface area contributed by atoms with Gasteiger partial charge in [0.05, 0.1) is 0 Å². The van der Waals surface area contributed by atoms with Gasteiger partial charge in [-0.1, -0.05) is 0 Å². The molecule has 0 saturated carbocycles. The van der Waals surface area contributed by atoms with E-state index in [4.69, 9.17) is 5.73 Å². The molecule has 0 radical (unpaired) electrons. The first-order valence-electron chi connectivity index (χ1n) is 7.28. The molecule has 1 heterocycles. The van der Waals surface area contributed by atoms with E-state index in [9.17, 15) is 8.78 Å². The molecule has 0 unspecified atom stereocenters. The van der Waals surface area contributed by atoms with E-state index in [1.54, 1.807) is 0 Å². The molecule has 1 aromatic carbocycles. The molecule has 0 atom stereocenters. The monoisotopic (exact) mass is 283 g/mol. The summed E-state index contributed by atoms with van der Waals surface area (Å²) in [5, 5.41) is 0. The molecule has 0 aromatic heterocycles. The van der Waals surface area contributed by atoms with Gasteiger partial charge < -0.3 is 10.6 Å². The van der Waals surface area contributed by atoms with Crippen molar-refractivity contribution in [2.45, 2.75) is 19.4 Å². The van der Waals surface area contributed by atoms with Gasteiger partial charge in [-0.2, -0.15) is 0 Å². The zero-order valence-electron chi connectivity index (χ0n) is 11.8. The Labute approximate surface area is 119 Å². The largest absolute Gasteiger partial charge is 0.330 e. The number of nitrogens with zero attached hydrogens (tertiary/aromatic N) is 2. The van der Waals surface area contributed by atoms with Gasteiger partial charge in [0.2, 0.25) is 0 Å². The molecule has 2 N–H and O–H groups in total. The maximum Gasteiger partial charge on any atom is 0.127 e. The summed E-state index contributed by atoms with van der Waals surface area (Å²) in [5.74, 6) is -0.698. The number of hydrogen-bond acceptors (Lipinski definition) is 3. The van der Waals surface area contributed by atoms with Crippen molar-refractivity contribution < 1.29 is 8.78 Å². The first-order valence-corrected chi connectivity index (χ1v) is 7.28. The topological polar surface area (TPSA) is 32.5 Å². The normalized spacial score (nSPS) is 18.1. The Balaban J connectivity index is 1.89. The molecule has 20 heavy (non-hydrogen) atoms. The minimum absolute atomic E-state index is 0.323. The number of nitrogens with two attached hydrogens (primary N) is 1. The molecule has 2 rings (SSSR count). The fraction of sp³-hybridized carbons (Fsp3) is 0.600. The number of hydrogen-bond donors (Lipinski definition) is 1. The highest BCUT2D eigenvalue weighted by Crippen LogP contribution is 2.14. The minimum Gasteiger partial charge on any atom is -0.330 e. The lowest BCUT2D eigenvalue weighted by molar-refractivity contribution is 0.248. The van der Waals surface area contributed by atoms with Crippen molar-refractivity contribution >= 4 is 0 Å². The van der Waals surface area contributed by atoms with Gasteiger partial charge >= 0.3 is 0 Å². The minimum atomic E-state index is -0.374. The van der Waals surface area contributed by atoms with Crippen molar-refractivity contribution in [1.29, 1.82) is 0 Å². The van der Waals surface area contributed by atoms with Crippen LogP contribution < -0.4 is 5.73 Å². The van der Waals surface area contributed by atoms with Gasteiger partial charge in [-0.25, -0.2) is 8.78 Å². The van der Waals surface area contributed by atoms with E-state index in [2.05, 4.69) is 9.80 Å². The molecule has 0 spiro atoms. The molecular weight excluding hydrogens is 260 g/mol. The Morgan fingerprint density at radius 2 is 1.80 bits per heavy atom. The van der Waals surface area contributed by atoms with Crippen molar-refractivity contribution in [2.24, 2.45) is 5.73 Å². The fourth-order valence-corrected chi connectivity index (χ4v) is 2.63. The van der Waals surface area contributed by atoms with Crippen LogP contribution in [0.5, 0.6) is 0 Å². The number of halogens is 2. The van der Waals surface area contributed by atoms with Crippen molar-refractivity contribution in [2.75, 3.05) is 39.3 Å². The Morgan fingerprint density at radius 1 is 1.05 bits per heavy atom. The van der Waals surface area contributed by atoms with Gasteiger partial charge in [-0.3, -0.25) is 4.90 Å². The lowest BCUT2D eigenvalue weighted by Gasteiger charge is -2.21. The summed E-state index contributed by atoms with van der Waals surface area (Å²) >= 11 is 0. The summed E-state index contributed by atoms with van der Waals surface area (Å²) in [6.45, 7) is 6.07. The lowest BCUT2D eigenvalue weighted by atomic mass is 10.2. The average molecular weight is 283 g/mol. The molecule has 1 saturated heterocycles. The van der Waals surface area contributed by atoms with Crippen molar-refractivity contribution in [3.05, 3.63) is 35.4 Å². The molecular formula is C15H23F2N3. The Morgan fingerprint density at radius 3 is 2.60 bits per heavy atom. The van der Waals surface area contributed by atoms with Gasteiger partial charge in [0, 0.05) is 25.2 Å². The van der Waals surface area contributed by atoms with Gasteiger partial charge in [-0.05, 0) is 57.2 Å². The van der Waals surface area contributed by atoms with E-state index < -0.39 is 0 Å². The SMILES string of the molecule is NCCCN1CCCN(Cc2cc(F)ccc2F)CC1. The predicted molar refractivity (Wildman–Crippen MR) is 76.4 cm³/mol. The van der Waals surface area contributed by atoms with E-state index in [1.165, 1.54) is 12.1 Å². The standard InChI is InChI=1S/C15H23F2N3/c16-14-3-4-15(17)13(11-14)12-20-8-2-7-19(9-10-20)6-1-5-18/h3-4,11H,1-2,5-10,12,18H2. The summed E-state index contributed by atoms with van der Waals surface area (Å²) in [6, 6.07) is 3.66. The van der Waals surface area contributed by atoms with E-state index in [0.29, 0.717) is 18.7 Å². The molecule has 0 bridgehead atoms.